The highest BCUT2D eigenvalue weighted by molar-refractivity contribution is 6.30. The van der Waals surface area contributed by atoms with Crippen molar-refractivity contribution in [2.45, 2.75) is 19.4 Å². The van der Waals surface area contributed by atoms with E-state index in [1.807, 2.05) is 42.5 Å². The maximum absolute atomic E-state index is 13.2. The van der Waals surface area contributed by atoms with Crippen LogP contribution in [0.15, 0.2) is 85.1 Å². The van der Waals surface area contributed by atoms with Crippen molar-refractivity contribution < 1.29 is 9.59 Å². The summed E-state index contributed by atoms with van der Waals surface area (Å²) in [6, 6.07) is 24.3. The lowest BCUT2D eigenvalue weighted by Crippen LogP contribution is -2.14. The van der Waals surface area contributed by atoms with Gasteiger partial charge in [0.15, 0.2) is 0 Å². The van der Waals surface area contributed by atoms with Gasteiger partial charge in [-0.3, -0.25) is 14.3 Å². The Bertz CT molecular complexity index is 1310. The Hall–Kier alpha value is -3.90. The molecule has 1 aliphatic rings. The van der Waals surface area contributed by atoms with Gasteiger partial charge in [-0.15, -0.1) is 0 Å². The van der Waals surface area contributed by atoms with Crippen LogP contribution in [-0.4, -0.2) is 21.6 Å². The number of hydrogen-bond acceptors (Lipinski definition) is 3. The molecule has 7 heteroatoms. The molecule has 1 aliphatic carbocycles. The topological polar surface area (TPSA) is 76.0 Å². The zero-order valence-electron chi connectivity index (χ0n) is 18.4. The summed E-state index contributed by atoms with van der Waals surface area (Å²) in [6.45, 7) is 0.546. The first-order chi connectivity index (χ1) is 16.5. The van der Waals surface area contributed by atoms with Crippen molar-refractivity contribution in [2.75, 3.05) is 10.6 Å². The van der Waals surface area contributed by atoms with Crippen LogP contribution >= 0.6 is 11.6 Å². The van der Waals surface area contributed by atoms with E-state index in [-0.39, 0.29) is 17.7 Å². The van der Waals surface area contributed by atoms with Crippen molar-refractivity contribution in [1.82, 2.24) is 9.78 Å². The number of aromatic nitrogens is 2. The maximum Gasteiger partial charge on any atom is 0.259 e. The quantitative estimate of drug-likeness (QED) is 0.355. The molecule has 0 aliphatic heterocycles. The Balaban J connectivity index is 1.37. The predicted molar refractivity (Wildman–Crippen MR) is 134 cm³/mol. The average Bonchev–Trinajstić information content (AvgIpc) is 3.62. The monoisotopic (exact) mass is 470 g/mol. The largest absolute Gasteiger partial charge is 0.326 e. The van der Waals surface area contributed by atoms with Gasteiger partial charge in [0.25, 0.3) is 5.91 Å². The van der Waals surface area contributed by atoms with E-state index in [0.717, 1.165) is 24.0 Å². The van der Waals surface area contributed by atoms with Crippen LogP contribution in [0.1, 0.15) is 28.8 Å². The third-order valence-corrected chi connectivity index (χ3v) is 5.92. The Labute approximate surface area is 202 Å². The van der Waals surface area contributed by atoms with Gasteiger partial charge in [-0.05, 0) is 54.8 Å². The minimum atomic E-state index is -0.265. The number of carbonyl (C=O) groups is 2. The Kier molecular flexibility index (Phi) is 6.14. The molecule has 1 aromatic heterocycles. The van der Waals surface area contributed by atoms with E-state index < -0.39 is 0 Å². The fourth-order valence-electron chi connectivity index (χ4n) is 3.69. The number of anilines is 2. The highest BCUT2D eigenvalue weighted by atomic mass is 35.5. The summed E-state index contributed by atoms with van der Waals surface area (Å²) < 4.78 is 1.77. The van der Waals surface area contributed by atoms with Gasteiger partial charge in [0.2, 0.25) is 5.91 Å². The van der Waals surface area contributed by atoms with E-state index in [1.54, 1.807) is 47.3 Å². The summed E-state index contributed by atoms with van der Waals surface area (Å²) in [4.78, 5) is 25.2. The lowest BCUT2D eigenvalue weighted by Gasteiger charge is -2.08. The second kappa shape index (κ2) is 9.53. The van der Waals surface area contributed by atoms with Gasteiger partial charge in [0.1, 0.15) is 5.69 Å². The van der Waals surface area contributed by atoms with E-state index in [9.17, 15) is 9.59 Å². The fraction of sp³-hybridized carbons (Fsp3) is 0.148. The highest BCUT2D eigenvalue weighted by Crippen LogP contribution is 2.30. The molecule has 1 saturated carbocycles. The highest BCUT2D eigenvalue weighted by Gasteiger charge is 2.29. The van der Waals surface area contributed by atoms with Crippen molar-refractivity contribution >= 4 is 34.8 Å². The molecule has 2 N–H and O–H groups in total. The number of nitrogens with zero attached hydrogens (tertiary/aromatic N) is 2. The molecule has 1 heterocycles. The smallest absolute Gasteiger partial charge is 0.259 e. The van der Waals surface area contributed by atoms with Crippen LogP contribution in [-0.2, 0) is 11.3 Å². The molecule has 0 bridgehead atoms. The first-order valence-corrected chi connectivity index (χ1v) is 11.5. The van der Waals surface area contributed by atoms with Gasteiger partial charge >= 0.3 is 0 Å². The minimum Gasteiger partial charge on any atom is -0.326 e. The number of hydrogen-bond donors (Lipinski definition) is 2. The van der Waals surface area contributed by atoms with Crippen molar-refractivity contribution in [3.05, 3.63) is 101 Å². The van der Waals surface area contributed by atoms with Crippen LogP contribution < -0.4 is 10.6 Å². The van der Waals surface area contributed by atoms with E-state index in [1.165, 1.54) is 0 Å². The predicted octanol–water partition coefficient (Wildman–Crippen LogP) is 5.85. The average molecular weight is 471 g/mol. The number of halogens is 1. The molecule has 1 fully saturated rings. The second-order valence-corrected chi connectivity index (χ2v) is 8.81. The van der Waals surface area contributed by atoms with Gasteiger partial charge in [-0.25, -0.2) is 0 Å². The van der Waals surface area contributed by atoms with E-state index >= 15 is 0 Å². The van der Waals surface area contributed by atoms with E-state index in [4.69, 9.17) is 16.7 Å². The third-order valence-electron chi connectivity index (χ3n) is 5.67. The molecular formula is C27H23ClN4O2. The maximum atomic E-state index is 13.2. The zero-order chi connectivity index (χ0) is 23.5. The summed E-state index contributed by atoms with van der Waals surface area (Å²) >= 11 is 6.06. The fourth-order valence-corrected chi connectivity index (χ4v) is 3.81. The summed E-state index contributed by atoms with van der Waals surface area (Å²) in [5.41, 5.74) is 4.28. The van der Waals surface area contributed by atoms with Gasteiger partial charge < -0.3 is 10.6 Å². The molecule has 6 nitrogen and oxygen atoms in total. The second-order valence-electron chi connectivity index (χ2n) is 8.38. The number of carbonyl (C=O) groups excluding carboxylic acids is 2. The number of rotatable bonds is 7. The van der Waals surface area contributed by atoms with Gasteiger partial charge in [0.05, 0.1) is 12.1 Å². The SMILES string of the molecule is O=C(Nc1ccc(NC(=O)C2CC2)cc1)c1cn(Cc2ccccc2)nc1-c1ccc(Cl)cc1. The van der Waals surface area contributed by atoms with Crippen LogP contribution in [0.5, 0.6) is 0 Å². The number of benzene rings is 3. The first-order valence-electron chi connectivity index (χ1n) is 11.1. The van der Waals surface area contributed by atoms with Crippen molar-refractivity contribution in [3.8, 4) is 11.3 Å². The normalized spacial score (nSPS) is 12.9. The molecular weight excluding hydrogens is 448 g/mol. The summed E-state index contributed by atoms with van der Waals surface area (Å²) in [5.74, 6) is -0.0765. The molecule has 4 aromatic rings. The third kappa shape index (κ3) is 5.18. The molecule has 0 atom stereocenters. The number of amides is 2. The molecule has 2 amide bonds. The van der Waals surface area contributed by atoms with Crippen LogP contribution in [0.2, 0.25) is 5.02 Å². The summed E-state index contributed by atoms with van der Waals surface area (Å²) in [5, 5.41) is 11.2. The van der Waals surface area contributed by atoms with Crippen LogP contribution in [0.4, 0.5) is 11.4 Å². The van der Waals surface area contributed by atoms with Crippen molar-refractivity contribution in [3.63, 3.8) is 0 Å². The Morgan fingerprint density at radius 3 is 2.18 bits per heavy atom. The number of nitrogens with one attached hydrogen (secondary N) is 2. The van der Waals surface area contributed by atoms with Crippen LogP contribution in [0.25, 0.3) is 11.3 Å². The molecule has 0 saturated heterocycles. The summed E-state index contributed by atoms with van der Waals surface area (Å²) in [7, 11) is 0. The Morgan fingerprint density at radius 2 is 1.53 bits per heavy atom. The molecule has 0 unspecified atom stereocenters. The Morgan fingerprint density at radius 1 is 0.882 bits per heavy atom. The molecule has 0 spiro atoms. The van der Waals surface area contributed by atoms with Gasteiger partial charge in [-0.2, -0.15) is 5.10 Å². The van der Waals surface area contributed by atoms with E-state index in [0.29, 0.717) is 34.2 Å². The zero-order valence-corrected chi connectivity index (χ0v) is 19.1. The molecule has 3 aromatic carbocycles. The lowest BCUT2D eigenvalue weighted by atomic mass is 10.1. The van der Waals surface area contributed by atoms with Crippen molar-refractivity contribution in [2.24, 2.45) is 5.92 Å². The first kappa shape index (κ1) is 21.9. The van der Waals surface area contributed by atoms with Gasteiger partial charge in [-0.1, -0.05) is 54.1 Å². The molecule has 0 radical (unpaired) electrons. The van der Waals surface area contributed by atoms with Crippen LogP contribution in [0, 0.1) is 5.92 Å². The molecule has 34 heavy (non-hydrogen) atoms. The standard InChI is InChI=1S/C27H23ClN4O2/c28-21-10-8-19(9-11-21)25-24(17-32(31-25)16-18-4-2-1-3-5-18)27(34)30-23-14-12-22(13-15-23)29-26(33)20-6-7-20/h1-5,8-15,17,20H,6-7,16H2,(H,29,33)(H,30,34). The van der Waals surface area contributed by atoms with E-state index in [2.05, 4.69) is 10.6 Å². The minimum absolute atomic E-state index is 0.0511. The molecule has 5 rings (SSSR count). The lowest BCUT2D eigenvalue weighted by molar-refractivity contribution is -0.117. The molecule has 170 valence electrons. The summed E-state index contributed by atoms with van der Waals surface area (Å²) in [6.07, 6.45) is 3.66. The van der Waals surface area contributed by atoms with Crippen molar-refractivity contribution in [1.29, 1.82) is 0 Å². The van der Waals surface area contributed by atoms with Gasteiger partial charge in [0, 0.05) is 34.1 Å². The van der Waals surface area contributed by atoms with Crippen LogP contribution in [0.3, 0.4) is 0 Å².